The van der Waals surface area contributed by atoms with Gasteiger partial charge in [-0.05, 0) is 37.6 Å². The molecule has 0 unspecified atom stereocenters. The molecule has 0 spiro atoms. The average Bonchev–Trinajstić information content (AvgIpc) is 2.42. The quantitative estimate of drug-likeness (QED) is 0.512. The number of ether oxygens (including phenoxy) is 1. The fraction of sp³-hybridized carbons (Fsp3) is 0.118. The Kier molecular flexibility index (Phi) is 4.20. The predicted molar refractivity (Wildman–Crippen MR) is 81.4 cm³/mol. The Balaban J connectivity index is 2.16. The second-order valence-electron chi connectivity index (χ2n) is 4.64. The average molecular weight is 267 g/mol. The molecule has 20 heavy (non-hydrogen) atoms. The molecule has 0 aromatic heterocycles. The first kappa shape index (κ1) is 13.9. The molecular weight excluding hydrogens is 250 g/mol. The number of carbonyl (C=O) groups is 1. The highest BCUT2D eigenvalue weighted by Crippen LogP contribution is 2.23. The van der Waals surface area contributed by atoms with Crippen LogP contribution >= 0.6 is 0 Å². The molecule has 0 amide bonds. The van der Waals surface area contributed by atoms with Gasteiger partial charge >= 0.3 is 5.97 Å². The van der Waals surface area contributed by atoms with Crippen LogP contribution in [-0.4, -0.2) is 5.97 Å². The summed E-state index contributed by atoms with van der Waals surface area (Å²) in [6, 6.07) is 15.3. The van der Waals surface area contributed by atoms with Gasteiger partial charge in [0, 0.05) is 23.0 Å². The Morgan fingerprint density at radius 1 is 1.15 bits per heavy atom. The van der Waals surface area contributed by atoms with Gasteiger partial charge in [-0.15, -0.1) is 0 Å². The summed E-state index contributed by atoms with van der Waals surface area (Å²) in [4.78, 5) is 11.5. The van der Waals surface area contributed by atoms with E-state index in [4.69, 9.17) is 4.74 Å². The largest absolute Gasteiger partial charge is 0.423 e. The molecule has 0 saturated heterocycles. The molecule has 0 aliphatic carbocycles. The third-order valence-corrected chi connectivity index (χ3v) is 2.82. The molecule has 0 heterocycles. The monoisotopic (exact) mass is 267 g/mol. The van der Waals surface area contributed by atoms with Crippen molar-refractivity contribution in [1.82, 2.24) is 0 Å². The van der Waals surface area contributed by atoms with Gasteiger partial charge in [-0.2, -0.15) is 0 Å². The molecule has 0 atom stereocenters. The summed E-state index contributed by atoms with van der Waals surface area (Å²) in [5.41, 5.74) is 3.42. The van der Waals surface area contributed by atoms with Crippen molar-refractivity contribution in [2.45, 2.75) is 13.8 Å². The highest BCUT2D eigenvalue weighted by atomic mass is 16.5. The lowest BCUT2D eigenvalue weighted by molar-refractivity contribution is -0.130. The van der Waals surface area contributed by atoms with Crippen LogP contribution in [0.4, 0.5) is 11.4 Å². The number of esters is 1. The van der Waals surface area contributed by atoms with E-state index in [9.17, 15) is 4.79 Å². The van der Waals surface area contributed by atoms with Crippen LogP contribution in [0.25, 0.3) is 0 Å². The number of hydrogen-bond donors (Lipinski definition) is 1. The van der Waals surface area contributed by atoms with E-state index in [1.165, 1.54) is 0 Å². The van der Waals surface area contributed by atoms with Gasteiger partial charge in [0.2, 0.25) is 0 Å². The first-order valence-corrected chi connectivity index (χ1v) is 6.36. The maximum absolute atomic E-state index is 11.5. The number of benzene rings is 2. The van der Waals surface area contributed by atoms with Crippen LogP contribution in [0, 0.1) is 6.92 Å². The Morgan fingerprint density at radius 3 is 2.60 bits per heavy atom. The zero-order valence-electron chi connectivity index (χ0n) is 11.6. The molecule has 3 nitrogen and oxygen atoms in total. The minimum atomic E-state index is -0.418. The lowest BCUT2D eigenvalue weighted by Crippen LogP contribution is -2.08. The van der Waals surface area contributed by atoms with Gasteiger partial charge in [0.25, 0.3) is 0 Å². The van der Waals surface area contributed by atoms with Gasteiger partial charge in [0.15, 0.2) is 0 Å². The summed E-state index contributed by atoms with van der Waals surface area (Å²) < 4.78 is 5.21. The summed E-state index contributed by atoms with van der Waals surface area (Å²) in [5, 5.41) is 3.30. The van der Waals surface area contributed by atoms with Gasteiger partial charge in [-0.1, -0.05) is 30.8 Å². The molecule has 0 aliphatic rings. The van der Waals surface area contributed by atoms with Crippen molar-refractivity contribution >= 4 is 17.3 Å². The zero-order chi connectivity index (χ0) is 14.5. The van der Waals surface area contributed by atoms with Gasteiger partial charge < -0.3 is 10.1 Å². The maximum Gasteiger partial charge on any atom is 0.338 e. The summed E-state index contributed by atoms with van der Waals surface area (Å²) >= 11 is 0. The summed E-state index contributed by atoms with van der Waals surface area (Å²) in [7, 11) is 0. The van der Waals surface area contributed by atoms with E-state index in [1.807, 2.05) is 43.3 Å². The van der Waals surface area contributed by atoms with Crippen LogP contribution in [0.3, 0.4) is 0 Å². The first-order valence-electron chi connectivity index (χ1n) is 6.36. The van der Waals surface area contributed by atoms with Crippen LogP contribution in [0.1, 0.15) is 12.5 Å². The summed E-state index contributed by atoms with van der Waals surface area (Å²) in [6.07, 6.45) is 0. The second kappa shape index (κ2) is 6.06. The molecule has 102 valence electrons. The molecule has 0 fully saturated rings. The van der Waals surface area contributed by atoms with Gasteiger partial charge in [-0.3, -0.25) is 0 Å². The number of para-hydroxylation sites is 1. The van der Waals surface area contributed by atoms with E-state index in [0.29, 0.717) is 11.3 Å². The molecule has 0 bridgehead atoms. The molecule has 3 heteroatoms. The number of hydrogen-bond acceptors (Lipinski definition) is 3. The third kappa shape index (κ3) is 3.48. The van der Waals surface area contributed by atoms with Crippen molar-refractivity contribution in [2.24, 2.45) is 0 Å². The topological polar surface area (TPSA) is 38.3 Å². The Labute approximate surface area is 118 Å². The fourth-order valence-electron chi connectivity index (χ4n) is 1.70. The van der Waals surface area contributed by atoms with Gasteiger partial charge in [0.1, 0.15) is 5.75 Å². The van der Waals surface area contributed by atoms with E-state index >= 15 is 0 Å². The molecule has 2 aromatic carbocycles. The number of aryl methyl sites for hydroxylation is 1. The molecular formula is C17H17NO2. The van der Waals surface area contributed by atoms with Crippen LogP contribution in [0.15, 0.2) is 60.7 Å². The molecule has 0 radical (unpaired) electrons. The van der Waals surface area contributed by atoms with E-state index in [0.717, 1.165) is 16.9 Å². The smallest absolute Gasteiger partial charge is 0.338 e. The van der Waals surface area contributed by atoms with Crippen molar-refractivity contribution in [1.29, 1.82) is 0 Å². The minimum Gasteiger partial charge on any atom is -0.423 e. The van der Waals surface area contributed by atoms with Gasteiger partial charge in [0.05, 0.1) is 0 Å². The molecule has 0 aliphatic heterocycles. The van der Waals surface area contributed by atoms with Crippen molar-refractivity contribution in [2.75, 3.05) is 5.32 Å². The highest BCUT2D eigenvalue weighted by Gasteiger charge is 2.06. The Hall–Kier alpha value is -2.55. The molecule has 2 aromatic rings. The van der Waals surface area contributed by atoms with E-state index in [-0.39, 0.29) is 0 Å². The van der Waals surface area contributed by atoms with E-state index < -0.39 is 5.97 Å². The van der Waals surface area contributed by atoms with Crippen molar-refractivity contribution in [3.8, 4) is 5.75 Å². The predicted octanol–water partition coefficient (Wildman–Crippen LogP) is 4.22. The number of carbonyl (C=O) groups excluding carboxylic acids is 1. The Morgan fingerprint density at radius 2 is 1.90 bits per heavy atom. The van der Waals surface area contributed by atoms with Crippen molar-refractivity contribution < 1.29 is 9.53 Å². The summed E-state index contributed by atoms with van der Waals surface area (Å²) in [6.45, 7) is 7.22. The van der Waals surface area contributed by atoms with Crippen LogP contribution in [0.5, 0.6) is 5.75 Å². The first-order chi connectivity index (χ1) is 9.56. The van der Waals surface area contributed by atoms with Crippen molar-refractivity contribution in [3.05, 3.63) is 66.2 Å². The van der Waals surface area contributed by atoms with Crippen LogP contribution in [0.2, 0.25) is 0 Å². The van der Waals surface area contributed by atoms with Crippen LogP contribution in [-0.2, 0) is 4.79 Å². The fourth-order valence-corrected chi connectivity index (χ4v) is 1.70. The lowest BCUT2D eigenvalue weighted by Gasteiger charge is -2.10. The minimum absolute atomic E-state index is 0.377. The number of nitrogens with one attached hydrogen (secondary N) is 1. The highest BCUT2D eigenvalue weighted by molar-refractivity contribution is 5.88. The normalized spacial score (nSPS) is 9.90. The lowest BCUT2D eigenvalue weighted by atomic mass is 10.2. The SMILES string of the molecule is C=C(C)C(=O)Oc1cccc(Nc2ccccc2C)c1. The Bertz CT molecular complexity index is 647. The molecule has 1 N–H and O–H groups in total. The maximum atomic E-state index is 11.5. The van der Waals surface area contributed by atoms with E-state index in [1.54, 1.807) is 19.1 Å². The van der Waals surface area contributed by atoms with E-state index in [2.05, 4.69) is 11.9 Å². The third-order valence-electron chi connectivity index (χ3n) is 2.82. The zero-order valence-corrected chi connectivity index (χ0v) is 11.6. The molecule has 0 saturated carbocycles. The number of rotatable bonds is 4. The van der Waals surface area contributed by atoms with Crippen molar-refractivity contribution in [3.63, 3.8) is 0 Å². The van der Waals surface area contributed by atoms with Crippen LogP contribution < -0.4 is 10.1 Å². The standard InChI is InChI=1S/C17H17NO2/c1-12(2)17(19)20-15-9-6-8-14(11-15)18-16-10-5-4-7-13(16)3/h4-11,18H,1H2,2-3H3. The summed E-state index contributed by atoms with van der Waals surface area (Å²) in [5.74, 6) is 0.0784. The second-order valence-corrected chi connectivity index (χ2v) is 4.64. The molecule has 2 rings (SSSR count). The number of anilines is 2. The van der Waals surface area contributed by atoms with Gasteiger partial charge in [-0.25, -0.2) is 4.79 Å².